The van der Waals surface area contributed by atoms with E-state index in [0.717, 1.165) is 63.6 Å². The molecule has 148 valence electrons. The van der Waals surface area contributed by atoms with Crippen LogP contribution in [0.4, 0.5) is 0 Å². The van der Waals surface area contributed by atoms with Gasteiger partial charge < -0.3 is 15.1 Å². The average molecular weight is 501 g/mol. The average Bonchev–Trinajstić information content (AvgIpc) is 3.07. The first-order chi connectivity index (χ1) is 12.7. The van der Waals surface area contributed by atoms with Gasteiger partial charge in [0.25, 0.3) is 0 Å². The molecule has 1 N–H and O–H groups in total. The molecule has 0 radical (unpaired) electrons. The number of carbonyl (C=O) groups is 1. The normalized spacial score (nSPS) is 15.0. The van der Waals surface area contributed by atoms with Crippen molar-refractivity contribution in [2.24, 2.45) is 4.99 Å². The third-order valence-corrected chi connectivity index (χ3v) is 5.60. The number of hydrogen-bond acceptors (Lipinski definition) is 4. The number of para-hydroxylation sites is 1. The van der Waals surface area contributed by atoms with Gasteiger partial charge in [-0.3, -0.25) is 9.79 Å². The molecule has 1 aromatic heterocycles. The third-order valence-electron chi connectivity index (χ3n) is 4.51. The van der Waals surface area contributed by atoms with Crippen molar-refractivity contribution in [1.29, 1.82) is 0 Å². The van der Waals surface area contributed by atoms with Crippen molar-refractivity contribution >= 4 is 57.4 Å². The van der Waals surface area contributed by atoms with Crippen molar-refractivity contribution in [3.63, 3.8) is 0 Å². The van der Waals surface area contributed by atoms with Crippen LogP contribution >= 0.6 is 35.3 Å². The van der Waals surface area contributed by atoms with Gasteiger partial charge in [0.15, 0.2) is 5.96 Å². The van der Waals surface area contributed by atoms with Crippen LogP contribution < -0.4 is 5.32 Å². The number of nitrogens with zero attached hydrogens (tertiary/aromatic N) is 4. The van der Waals surface area contributed by atoms with Gasteiger partial charge in [-0.25, -0.2) is 4.98 Å². The number of benzene rings is 1. The summed E-state index contributed by atoms with van der Waals surface area (Å²) < 4.78 is 1.25. The summed E-state index contributed by atoms with van der Waals surface area (Å²) in [6.07, 6.45) is 1.95. The third kappa shape index (κ3) is 6.03. The Morgan fingerprint density at radius 3 is 2.59 bits per heavy atom. The van der Waals surface area contributed by atoms with E-state index in [1.165, 1.54) is 9.71 Å². The van der Waals surface area contributed by atoms with Crippen molar-refractivity contribution < 1.29 is 4.79 Å². The first-order valence-electron chi connectivity index (χ1n) is 9.30. The van der Waals surface area contributed by atoms with Gasteiger partial charge in [-0.2, -0.15) is 0 Å². The molecule has 1 aliphatic rings. The maximum atomic E-state index is 11.5. The molecule has 1 amide bonds. The number of carbonyl (C=O) groups excluding carboxylic acids is 1. The van der Waals surface area contributed by atoms with Crippen molar-refractivity contribution in [2.45, 2.75) is 26.7 Å². The lowest BCUT2D eigenvalue weighted by atomic mass is 10.3. The molecule has 1 fully saturated rings. The van der Waals surface area contributed by atoms with Crippen LogP contribution in [0, 0.1) is 0 Å². The van der Waals surface area contributed by atoms with E-state index in [4.69, 9.17) is 4.99 Å². The predicted molar refractivity (Wildman–Crippen MR) is 123 cm³/mol. The molecule has 1 aromatic carbocycles. The van der Waals surface area contributed by atoms with Crippen LogP contribution in [-0.4, -0.2) is 65.9 Å². The number of fused-ring (bicyclic) bond motifs is 1. The van der Waals surface area contributed by atoms with Gasteiger partial charge in [-0.05, 0) is 25.5 Å². The largest absolute Gasteiger partial charge is 0.357 e. The van der Waals surface area contributed by atoms with Crippen LogP contribution in [0.5, 0.6) is 0 Å². The molecular weight excluding hydrogens is 473 g/mol. The van der Waals surface area contributed by atoms with E-state index in [1.807, 2.05) is 11.0 Å². The number of rotatable bonds is 5. The van der Waals surface area contributed by atoms with Crippen LogP contribution in [0.25, 0.3) is 10.2 Å². The fourth-order valence-corrected chi connectivity index (χ4v) is 4.11. The van der Waals surface area contributed by atoms with Crippen molar-refractivity contribution in [3.05, 3.63) is 29.3 Å². The number of amides is 1. The second-order valence-electron chi connectivity index (χ2n) is 6.41. The first-order valence-corrected chi connectivity index (χ1v) is 10.1. The number of aromatic nitrogens is 1. The smallest absolute Gasteiger partial charge is 0.219 e. The summed E-state index contributed by atoms with van der Waals surface area (Å²) in [5.74, 6) is 1.11. The molecule has 1 saturated heterocycles. The molecule has 2 aromatic rings. The summed E-state index contributed by atoms with van der Waals surface area (Å²) in [4.78, 5) is 25.1. The Bertz CT molecular complexity index is 737. The quantitative estimate of drug-likeness (QED) is 0.296. The zero-order valence-electron chi connectivity index (χ0n) is 16.0. The molecule has 27 heavy (non-hydrogen) atoms. The highest BCUT2D eigenvalue weighted by Crippen LogP contribution is 2.22. The summed E-state index contributed by atoms with van der Waals surface area (Å²) in [6.45, 7) is 8.57. The Morgan fingerprint density at radius 1 is 1.22 bits per heavy atom. The number of hydrogen-bond donors (Lipinski definition) is 1. The van der Waals surface area contributed by atoms with Gasteiger partial charge in [-0.1, -0.05) is 12.1 Å². The lowest BCUT2D eigenvalue weighted by molar-refractivity contribution is -0.130. The lowest BCUT2D eigenvalue weighted by Crippen LogP contribution is -2.53. The van der Waals surface area contributed by atoms with Crippen LogP contribution in [0.1, 0.15) is 25.3 Å². The molecule has 8 heteroatoms. The molecule has 2 heterocycles. The SMILES string of the molecule is CCNC(=NCCCc1nc2ccccc2s1)N1CCN(C(C)=O)CC1.I. The number of aliphatic imine (C=N–C) groups is 1. The van der Waals surface area contributed by atoms with Crippen LogP contribution in [0.2, 0.25) is 0 Å². The topological polar surface area (TPSA) is 60.8 Å². The minimum Gasteiger partial charge on any atom is -0.357 e. The second-order valence-corrected chi connectivity index (χ2v) is 7.52. The van der Waals surface area contributed by atoms with E-state index >= 15 is 0 Å². The van der Waals surface area contributed by atoms with Crippen LogP contribution in [0.3, 0.4) is 0 Å². The molecule has 0 saturated carbocycles. The fraction of sp³-hybridized carbons (Fsp3) is 0.526. The molecular formula is C19H28IN5OS. The fourth-order valence-electron chi connectivity index (χ4n) is 3.10. The Morgan fingerprint density at radius 2 is 1.93 bits per heavy atom. The number of thiazole rings is 1. The van der Waals surface area contributed by atoms with Gasteiger partial charge in [-0.15, -0.1) is 35.3 Å². The van der Waals surface area contributed by atoms with E-state index in [1.54, 1.807) is 18.3 Å². The maximum Gasteiger partial charge on any atom is 0.219 e. The summed E-state index contributed by atoms with van der Waals surface area (Å²) in [5, 5.41) is 4.56. The molecule has 0 atom stereocenters. The zero-order valence-corrected chi connectivity index (χ0v) is 19.1. The molecule has 0 unspecified atom stereocenters. The Kier molecular flexibility index (Phi) is 8.75. The molecule has 0 aliphatic carbocycles. The molecule has 1 aliphatic heterocycles. The summed E-state index contributed by atoms with van der Waals surface area (Å²) >= 11 is 1.77. The summed E-state index contributed by atoms with van der Waals surface area (Å²) in [6, 6.07) is 8.28. The molecule has 3 rings (SSSR count). The molecule has 0 bridgehead atoms. The van der Waals surface area contributed by atoms with Gasteiger partial charge in [0.1, 0.15) is 0 Å². The molecule has 0 spiro atoms. The number of aryl methyl sites for hydroxylation is 1. The Labute approximate surface area is 182 Å². The van der Waals surface area contributed by atoms with E-state index in [2.05, 4.69) is 40.3 Å². The predicted octanol–water partition coefficient (Wildman–Crippen LogP) is 2.98. The summed E-state index contributed by atoms with van der Waals surface area (Å²) in [7, 11) is 0. The highest BCUT2D eigenvalue weighted by molar-refractivity contribution is 14.0. The Balaban J connectivity index is 0.00000261. The highest BCUT2D eigenvalue weighted by atomic mass is 127. The van der Waals surface area contributed by atoms with Gasteiger partial charge in [0.2, 0.25) is 5.91 Å². The van der Waals surface area contributed by atoms with Crippen molar-refractivity contribution in [3.8, 4) is 0 Å². The maximum absolute atomic E-state index is 11.5. The van der Waals surface area contributed by atoms with Gasteiger partial charge >= 0.3 is 0 Å². The summed E-state index contributed by atoms with van der Waals surface area (Å²) in [5.41, 5.74) is 1.09. The van der Waals surface area contributed by atoms with E-state index < -0.39 is 0 Å². The highest BCUT2D eigenvalue weighted by Gasteiger charge is 2.20. The van der Waals surface area contributed by atoms with E-state index in [-0.39, 0.29) is 29.9 Å². The zero-order chi connectivity index (χ0) is 18.4. The Hall–Kier alpha value is -1.42. The number of nitrogens with one attached hydrogen (secondary N) is 1. The van der Waals surface area contributed by atoms with Crippen molar-refractivity contribution in [1.82, 2.24) is 20.1 Å². The lowest BCUT2D eigenvalue weighted by Gasteiger charge is -2.36. The number of halogens is 1. The second kappa shape index (κ2) is 10.8. The van der Waals surface area contributed by atoms with Crippen molar-refractivity contribution in [2.75, 3.05) is 39.3 Å². The molecule has 6 nitrogen and oxygen atoms in total. The minimum absolute atomic E-state index is 0. The van der Waals surface area contributed by atoms with E-state index in [0.29, 0.717) is 0 Å². The number of guanidine groups is 1. The standard InChI is InChI=1S/C19H27N5OS.HI/c1-3-20-19(24-13-11-23(12-14-24)15(2)25)21-10-6-9-18-22-16-7-4-5-8-17(16)26-18;/h4-5,7-8H,3,6,9-14H2,1-2H3,(H,20,21);1H. The van der Waals surface area contributed by atoms with Gasteiger partial charge in [0, 0.05) is 52.6 Å². The van der Waals surface area contributed by atoms with Crippen LogP contribution in [-0.2, 0) is 11.2 Å². The van der Waals surface area contributed by atoms with Crippen LogP contribution in [0.15, 0.2) is 29.3 Å². The monoisotopic (exact) mass is 501 g/mol. The number of piperazine rings is 1. The first kappa shape index (κ1) is 21.9. The van der Waals surface area contributed by atoms with E-state index in [9.17, 15) is 4.79 Å². The minimum atomic E-state index is 0. The van der Waals surface area contributed by atoms with Gasteiger partial charge in [0.05, 0.1) is 15.2 Å².